The summed E-state index contributed by atoms with van der Waals surface area (Å²) >= 11 is 0. The second-order valence-electron chi connectivity index (χ2n) is 6.82. The summed E-state index contributed by atoms with van der Waals surface area (Å²) in [5.74, 6) is 0.584. The maximum absolute atomic E-state index is 12.2. The van der Waals surface area contributed by atoms with Crippen molar-refractivity contribution in [3.8, 4) is 0 Å². The van der Waals surface area contributed by atoms with Crippen LogP contribution >= 0.6 is 0 Å². The van der Waals surface area contributed by atoms with Gasteiger partial charge in [0.15, 0.2) is 0 Å². The highest BCUT2D eigenvalue weighted by atomic mass is 16.5. The molecule has 4 heteroatoms. The molecule has 1 aliphatic carbocycles. The largest absolute Gasteiger partial charge is 0.381 e. The second-order valence-corrected chi connectivity index (χ2v) is 6.82. The first-order chi connectivity index (χ1) is 8.87. The van der Waals surface area contributed by atoms with E-state index in [1.54, 1.807) is 7.11 Å². The zero-order valence-corrected chi connectivity index (χ0v) is 13.1. The van der Waals surface area contributed by atoms with Crippen LogP contribution < -0.4 is 10.6 Å². The number of hydrogen-bond acceptors (Lipinski definition) is 3. The lowest BCUT2D eigenvalue weighted by molar-refractivity contribution is -0.124. The molecular weight excluding hydrogens is 240 g/mol. The van der Waals surface area contributed by atoms with Crippen LogP contribution in [-0.4, -0.2) is 38.8 Å². The van der Waals surface area contributed by atoms with Gasteiger partial charge in [0.25, 0.3) is 0 Å². The molecule has 3 atom stereocenters. The second kappa shape index (κ2) is 7.25. The Morgan fingerprint density at radius 1 is 1.37 bits per heavy atom. The van der Waals surface area contributed by atoms with E-state index in [1.807, 2.05) is 7.05 Å². The van der Waals surface area contributed by atoms with Crippen LogP contribution in [0.1, 0.15) is 46.5 Å². The summed E-state index contributed by atoms with van der Waals surface area (Å²) in [6.07, 6.45) is 4.64. The zero-order valence-electron chi connectivity index (χ0n) is 13.1. The van der Waals surface area contributed by atoms with E-state index in [2.05, 4.69) is 31.4 Å². The van der Waals surface area contributed by atoms with Crippen molar-refractivity contribution in [2.45, 2.75) is 58.6 Å². The van der Waals surface area contributed by atoms with Gasteiger partial charge in [-0.05, 0) is 31.7 Å². The number of rotatable bonds is 6. The average molecular weight is 270 g/mol. The molecule has 1 amide bonds. The van der Waals surface area contributed by atoms with Gasteiger partial charge in [0.1, 0.15) is 0 Å². The predicted molar refractivity (Wildman–Crippen MR) is 78.1 cm³/mol. The summed E-state index contributed by atoms with van der Waals surface area (Å²) in [4.78, 5) is 12.2. The van der Waals surface area contributed by atoms with E-state index in [-0.39, 0.29) is 17.4 Å². The van der Waals surface area contributed by atoms with Gasteiger partial charge in [-0.25, -0.2) is 0 Å². The van der Waals surface area contributed by atoms with Crippen molar-refractivity contribution in [3.63, 3.8) is 0 Å². The summed E-state index contributed by atoms with van der Waals surface area (Å²) in [5, 5.41) is 6.20. The summed E-state index contributed by atoms with van der Waals surface area (Å²) in [7, 11) is 3.62. The number of ether oxygens (including phenoxy) is 1. The standard InChI is InChI=1S/C15H30N2O2/c1-15(2,3)9-12(16-4)14(18)17-10-11-7-6-8-13(11)19-5/h11-13,16H,6-10H2,1-5H3,(H,17,18). The van der Waals surface area contributed by atoms with Gasteiger partial charge in [-0.15, -0.1) is 0 Å². The highest BCUT2D eigenvalue weighted by molar-refractivity contribution is 5.81. The lowest BCUT2D eigenvalue weighted by atomic mass is 9.88. The van der Waals surface area contributed by atoms with Gasteiger partial charge in [0.2, 0.25) is 5.91 Å². The molecule has 1 aliphatic rings. The molecule has 0 aromatic heterocycles. The van der Waals surface area contributed by atoms with Crippen molar-refractivity contribution in [2.75, 3.05) is 20.7 Å². The lowest BCUT2D eigenvalue weighted by Gasteiger charge is -2.26. The van der Waals surface area contributed by atoms with E-state index in [0.29, 0.717) is 12.0 Å². The molecule has 1 fully saturated rings. The molecule has 0 bridgehead atoms. The Morgan fingerprint density at radius 3 is 2.58 bits per heavy atom. The molecule has 0 saturated heterocycles. The minimum absolute atomic E-state index is 0.109. The number of nitrogens with one attached hydrogen (secondary N) is 2. The number of likely N-dealkylation sites (N-methyl/N-ethyl adjacent to an activating group) is 1. The van der Waals surface area contributed by atoms with Crippen LogP contribution in [0.2, 0.25) is 0 Å². The summed E-state index contributed by atoms with van der Waals surface area (Å²) in [6, 6.07) is -0.109. The Hall–Kier alpha value is -0.610. The molecule has 0 aliphatic heterocycles. The van der Waals surface area contributed by atoms with Crippen LogP contribution in [0.5, 0.6) is 0 Å². The van der Waals surface area contributed by atoms with Gasteiger partial charge in [0, 0.05) is 19.6 Å². The highest BCUT2D eigenvalue weighted by Crippen LogP contribution is 2.27. The van der Waals surface area contributed by atoms with Gasteiger partial charge in [-0.3, -0.25) is 4.79 Å². The Morgan fingerprint density at radius 2 is 2.05 bits per heavy atom. The molecule has 0 aromatic carbocycles. The Bertz CT molecular complexity index is 286. The normalized spacial score (nSPS) is 25.3. The van der Waals surface area contributed by atoms with E-state index in [4.69, 9.17) is 4.74 Å². The SMILES string of the molecule is CNC(CC(C)(C)C)C(=O)NCC1CCCC1OC. The number of hydrogen-bond donors (Lipinski definition) is 2. The molecular formula is C15H30N2O2. The Balaban J connectivity index is 2.40. The molecule has 4 nitrogen and oxygen atoms in total. The van der Waals surface area contributed by atoms with E-state index in [0.717, 1.165) is 25.8 Å². The van der Waals surface area contributed by atoms with Crippen LogP contribution in [0, 0.1) is 11.3 Å². The van der Waals surface area contributed by atoms with Crippen LogP contribution in [0.15, 0.2) is 0 Å². The predicted octanol–water partition coefficient (Wildman–Crippen LogP) is 1.94. The maximum atomic E-state index is 12.2. The molecule has 19 heavy (non-hydrogen) atoms. The number of methoxy groups -OCH3 is 1. The molecule has 0 radical (unpaired) electrons. The van der Waals surface area contributed by atoms with Crippen molar-refractivity contribution in [1.82, 2.24) is 10.6 Å². The van der Waals surface area contributed by atoms with Crippen molar-refractivity contribution in [1.29, 1.82) is 0 Å². The van der Waals surface area contributed by atoms with Gasteiger partial charge in [-0.2, -0.15) is 0 Å². The van der Waals surface area contributed by atoms with Gasteiger partial charge < -0.3 is 15.4 Å². The quantitative estimate of drug-likeness (QED) is 0.775. The molecule has 1 rings (SSSR count). The third-order valence-electron chi connectivity index (χ3n) is 3.91. The highest BCUT2D eigenvalue weighted by Gasteiger charge is 2.29. The molecule has 3 unspecified atom stereocenters. The monoisotopic (exact) mass is 270 g/mol. The first-order valence-corrected chi connectivity index (χ1v) is 7.35. The van der Waals surface area contributed by atoms with Crippen LogP contribution in [0.25, 0.3) is 0 Å². The minimum atomic E-state index is -0.109. The summed E-state index contributed by atoms with van der Waals surface area (Å²) in [6.45, 7) is 7.20. The topological polar surface area (TPSA) is 50.4 Å². The van der Waals surface area contributed by atoms with Crippen molar-refractivity contribution < 1.29 is 9.53 Å². The molecule has 2 N–H and O–H groups in total. The van der Waals surface area contributed by atoms with Gasteiger partial charge in [-0.1, -0.05) is 27.2 Å². The molecule has 112 valence electrons. The first kappa shape index (κ1) is 16.4. The van der Waals surface area contributed by atoms with Gasteiger partial charge in [0.05, 0.1) is 12.1 Å². The minimum Gasteiger partial charge on any atom is -0.381 e. The van der Waals surface area contributed by atoms with Crippen LogP contribution in [0.3, 0.4) is 0 Å². The molecule has 0 heterocycles. The number of carbonyl (C=O) groups is 1. The Kier molecular flexibility index (Phi) is 6.27. The fraction of sp³-hybridized carbons (Fsp3) is 0.933. The zero-order chi connectivity index (χ0) is 14.5. The number of amides is 1. The van der Waals surface area contributed by atoms with E-state index < -0.39 is 0 Å². The molecule has 1 saturated carbocycles. The van der Waals surface area contributed by atoms with Crippen molar-refractivity contribution in [3.05, 3.63) is 0 Å². The summed E-state index contributed by atoms with van der Waals surface area (Å²) < 4.78 is 5.46. The van der Waals surface area contributed by atoms with E-state index in [9.17, 15) is 4.79 Å². The van der Waals surface area contributed by atoms with Crippen molar-refractivity contribution in [2.24, 2.45) is 11.3 Å². The van der Waals surface area contributed by atoms with Crippen LogP contribution in [-0.2, 0) is 9.53 Å². The average Bonchev–Trinajstić information content (AvgIpc) is 2.79. The lowest BCUT2D eigenvalue weighted by Crippen LogP contribution is -2.46. The molecule has 0 spiro atoms. The van der Waals surface area contributed by atoms with Gasteiger partial charge >= 0.3 is 0 Å². The fourth-order valence-corrected chi connectivity index (χ4v) is 2.84. The smallest absolute Gasteiger partial charge is 0.237 e. The van der Waals surface area contributed by atoms with E-state index in [1.165, 1.54) is 6.42 Å². The maximum Gasteiger partial charge on any atom is 0.237 e. The third-order valence-corrected chi connectivity index (χ3v) is 3.91. The number of carbonyl (C=O) groups excluding carboxylic acids is 1. The Labute approximate surface area is 117 Å². The van der Waals surface area contributed by atoms with Crippen molar-refractivity contribution >= 4 is 5.91 Å². The van der Waals surface area contributed by atoms with E-state index >= 15 is 0 Å². The third kappa shape index (κ3) is 5.49. The van der Waals surface area contributed by atoms with Crippen LogP contribution in [0.4, 0.5) is 0 Å². The summed E-state index contributed by atoms with van der Waals surface area (Å²) in [5.41, 5.74) is 0.146. The first-order valence-electron chi connectivity index (χ1n) is 7.35. The molecule has 0 aromatic rings. The fourth-order valence-electron chi connectivity index (χ4n) is 2.84.